The molecule has 35 heavy (non-hydrogen) atoms. The van der Waals surface area contributed by atoms with E-state index in [1.807, 2.05) is 25.1 Å². The molecule has 1 fully saturated rings. The van der Waals surface area contributed by atoms with Crippen LogP contribution in [0.15, 0.2) is 42.5 Å². The number of likely N-dealkylation sites (tertiary alicyclic amines) is 1. The number of hydrogen-bond acceptors (Lipinski definition) is 5. The first-order valence-corrected chi connectivity index (χ1v) is 12.9. The highest BCUT2D eigenvalue weighted by Gasteiger charge is 2.40. The first kappa shape index (κ1) is 25.5. The summed E-state index contributed by atoms with van der Waals surface area (Å²) >= 11 is 0. The molecule has 2 aliphatic heterocycles. The molecule has 4 rings (SSSR count). The second kappa shape index (κ2) is 9.82. The van der Waals surface area contributed by atoms with Crippen LogP contribution in [0.1, 0.15) is 57.7 Å². The maximum Gasteiger partial charge on any atom is 0.240 e. The van der Waals surface area contributed by atoms with E-state index in [-0.39, 0.29) is 23.1 Å². The Morgan fingerprint density at radius 2 is 1.89 bits per heavy atom. The zero-order valence-corrected chi connectivity index (χ0v) is 21.8. The molecule has 0 saturated carbocycles. The van der Waals surface area contributed by atoms with Crippen molar-refractivity contribution in [2.75, 3.05) is 19.6 Å². The Balaban J connectivity index is 1.40. The Bertz CT molecular complexity index is 1070. The number of piperidine rings is 1. The molecule has 4 atom stereocenters. The molecule has 6 nitrogen and oxygen atoms in total. The first-order chi connectivity index (χ1) is 16.5. The van der Waals surface area contributed by atoms with Crippen molar-refractivity contribution < 1.29 is 15.0 Å². The number of rotatable bonds is 6. The number of hydrogen-bond donors (Lipinski definition) is 4. The van der Waals surface area contributed by atoms with E-state index in [0.717, 1.165) is 37.2 Å². The summed E-state index contributed by atoms with van der Waals surface area (Å²) in [6.45, 7) is 14.2. The number of carbonyl (C=O) groups is 1. The average Bonchev–Trinajstić information content (AvgIpc) is 2.81. The van der Waals surface area contributed by atoms with E-state index in [9.17, 15) is 15.0 Å². The molecule has 2 aromatic carbocycles. The van der Waals surface area contributed by atoms with Gasteiger partial charge in [-0.25, -0.2) is 0 Å². The molecule has 1 saturated heterocycles. The van der Waals surface area contributed by atoms with Gasteiger partial charge < -0.3 is 20.4 Å². The minimum Gasteiger partial charge on any atom is -0.508 e. The van der Waals surface area contributed by atoms with Gasteiger partial charge in [0.05, 0.1) is 5.54 Å². The fraction of sp³-hybridized carbons (Fsp3) is 0.552. The van der Waals surface area contributed by atoms with Crippen LogP contribution in [0.25, 0.3) is 0 Å². The number of benzene rings is 2. The molecular weight excluding hydrogens is 438 g/mol. The van der Waals surface area contributed by atoms with Crippen molar-refractivity contribution in [1.29, 1.82) is 0 Å². The summed E-state index contributed by atoms with van der Waals surface area (Å²) in [5.74, 6) is 1.35. The van der Waals surface area contributed by atoms with Crippen LogP contribution in [0.3, 0.4) is 0 Å². The molecule has 0 unspecified atom stereocenters. The summed E-state index contributed by atoms with van der Waals surface area (Å²) in [7, 11) is 0. The van der Waals surface area contributed by atoms with E-state index in [1.54, 1.807) is 18.2 Å². The van der Waals surface area contributed by atoms with E-state index >= 15 is 0 Å². The third-order valence-corrected chi connectivity index (χ3v) is 8.55. The number of aromatic hydroxyl groups is 2. The van der Waals surface area contributed by atoms with Crippen molar-refractivity contribution in [2.45, 2.75) is 71.0 Å². The average molecular weight is 480 g/mol. The lowest BCUT2D eigenvalue weighted by Crippen LogP contribution is -2.61. The highest BCUT2D eigenvalue weighted by molar-refractivity contribution is 5.87. The quantitative estimate of drug-likeness (QED) is 0.504. The molecule has 2 heterocycles. The number of amides is 1. The van der Waals surface area contributed by atoms with Gasteiger partial charge in [-0.15, -0.1) is 0 Å². The summed E-state index contributed by atoms with van der Waals surface area (Å²) in [6.07, 6.45) is 1.61. The van der Waals surface area contributed by atoms with Crippen LogP contribution in [0.4, 0.5) is 0 Å². The van der Waals surface area contributed by atoms with Gasteiger partial charge in [0.25, 0.3) is 0 Å². The maximum atomic E-state index is 13.5. The molecule has 0 bridgehead atoms. The standard InChI is InChI=1S/C29H41N3O3/c1-19(2)26(31-27(35)29(5)15-21-9-10-25(34)13-22(21)16-30-29)18-32-12-11-28(4,20(3)17-32)23-7-6-8-24(33)14-23/h6-10,13-14,19-20,26,30,33-34H,11-12,15-18H2,1-5H3,(H,31,35)/t20-,26+,28+,29-/m0/s1. The number of phenolic OH excluding ortho intramolecular Hbond substituents is 2. The Hall–Kier alpha value is -2.57. The van der Waals surface area contributed by atoms with Gasteiger partial charge in [-0.3, -0.25) is 10.1 Å². The van der Waals surface area contributed by atoms with Crippen LogP contribution >= 0.6 is 0 Å². The molecule has 2 aliphatic rings. The van der Waals surface area contributed by atoms with Crippen LogP contribution in [0, 0.1) is 11.8 Å². The predicted molar refractivity (Wildman–Crippen MR) is 140 cm³/mol. The number of fused-ring (bicyclic) bond motifs is 1. The Labute approximate surface area is 209 Å². The van der Waals surface area contributed by atoms with Crippen molar-refractivity contribution in [3.63, 3.8) is 0 Å². The smallest absolute Gasteiger partial charge is 0.240 e. The summed E-state index contributed by atoms with van der Waals surface area (Å²) in [5, 5.41) is 26.5. The highest BCUT2D eigenvalue weighted by atomic mass is 16.3. The van der Waals surface area contributed by atoms with Gasteiger partial charge in [0.1, 0.15) is 11.5 Å². The van der Waals surface area contributed by atoms with Crippen molar-refractivity contribution in [3.05, 3.63) is 59.2 Å². The second-order valence-electron chi connectivity index (χ2n) is 11.5. The van der Waals surface area contributed by atoms with Crippen molar-refractivity contribution >= 4 is 5.91 Å². The van der Waals surface area contributed by atoms with E-state index in [4.69, 9.17) is 0 Å². The fourth-order valence-electron chi connectivity index (χ4n) is 5.65. The molecule has 1 amide bonds. The lowest BCUT2D eigenvalue weighted by atomic mass is 9.68. The second-order valence-corrected chi connectivity index (χ2v) is 11.5. The van der Waals surface area contributed by atoms with E-state index in [2.05, 4.69) is 49.3 Å². The molecule has 190 valence electrons. The Kier molecular flexibility index (Phi) is 7.16. The van der Waals surface area contributed by atoms with Gasteiger partial charge in [-0.2, -0.15) is 0 Å². The summed E-state index contributed by atoms with van der Waals surface area (Å²) in [5.41, 5.74) is 2.69. The monoisotopic (exact) mass is 479 g/mol. The lowest BCUT2D eigenvalue weighted by Gasteiger charge is -2.46. The maximum absolute atomic E-state index is 13.5. The molecule has 0 radical (unpaired) electrons. The van der Waals surface area contributed by atoms with Crippen LogP contribution in [-0.2, 0) is 23.2 Å². The van der Waals surface area contributed by atoms with Crippen LogP contribution in [0.2, 0.25) is 0 Å². The fourth-order valence-corrected chi connectivity index (χ4v) is 5.65. The van der Waals surface area contributed by atoms with Gasteiger partial charge in [-0.05, 0) is 84.5 Å². The topological polar surface area (TPSA) is 84.8 Å². The number of nitrogens with one attached hydrogen (secondary N) is 2. The SMILES string of the molecule is CC(C)[C@@H](CN1CC[C@@](C)(c2cccc(O)c2)[C@@H](C)C1)NC(=O)[C@]1(C)Cc2ccc(O)cc2CN1. The zero-order chi connectivity index (χ0) is 25.4. The minimum atomic E-state index is -0.680. The highest BCUT2D eigenvalue weighted by Crippen LogP contribution is 2.40. The van der Waals surface area contributed by atoms with Crippen LogP contribution < -0.4 is 10.6 Å². The van der Waals surface area contributed by atoms with Gasteiger partial charge >= 0.3 is 0 Å². The van der Waals surface area contributed by atoms with Gasteiger partial charge in [0.15, 0.2) is 0 Å². The molecule has 6 heteroatoms. The van der Waals surface area contributed by atoms with E-state index in [1.165, 1.54) is 5.56 Å². The van der Waals surface area contributed by atoms with Gasteiger partial charge in [-0.1, -0.05) is 45.9 Å². The summed E-state index contributed by atoms with van der Waals surface area (Å²) < 4.78 is 0. The molecule has 0 spiro atoms. The van der Waals surface area contributed by atoms with Crippen LogP contribution in [-0.4, -0.2) is 52.2 Å². The normalized spacial score (nSPS) is 27.9. The Morgan fingerprint density at radius 1 is 1.14 bits per heavy atom. The lowest BCUT2D eigenvalue weighted by molar-refractivity contribution is -0.128. The van der Waals surface area contributed by atoms with Crippen LogP contribution in [0.5, 0.6) is 11.5 Å². The zero-order valence-electron chi connectivity index (χ0n) is 21.8. The molecular formula is C29H41N3O3. The largest absolute Gasteiger partial charge is 0.508 e. The Morgan fingerprint density at radius 3 is 2.57 bits per heavy atom. The van der Waals surface area contributed by atoms with Gasteiger partial charge in [0, 0.05) is 25.7 Å². The van der Waals surface area contributed by atoms with Crippen molar-refractivity contribution in [2.24, 2.45) is 11.8 Å². The van der Waals surface area contributed by atoms with Gasteiger partial charge in [0.2, 0.25) is 5.91 Å². The molecule has 4 N–H and O–H groups in total. The minimum absolute atomic E-state index is 0.0210. The number of carbonyl (C=O) groups excluding carboxylic acids is 1. The third kappa shape index (κ3) is 5.34. The molecule has 2 aromatic rings. The number of nitrogens with zero attached hydrogens (tertiary/aromatic N) is 1. The molecule has 0 aromatic heterocycles. The molecule has 0 aliphatic carbocycles. The predicted octanol–water partition coefficient (Wildman–Crippen LogP) is 3.94. The summed E-state index contributed by atoms with van der Waals surface area (Å²) in [6, 6.07) is 13.1. The van der Waals surface area contributed by atoms with E-state index < -0.39 is 5.54 Å². The summed E-state index contributed by atoms with van der Waals surface area (Å²) in [4.78, 5) is 16.0. The first-order valence-electron chi connectivity index (χ1n) is 12.9. The van der Waals surface area contributed by atoms with Crippen molar-refractivity contribution in [3.8, 4) is 11.5 Å². The van der Waals surface area contributed by atoms with E-state index in [0.29, 0.717) is 30.6 Å². The third-order valence-electron chi connectivity index (χ3n) is 8.55. The van der Waals surface area contributed by atoms with Crippen molar-refractivity contribution in [1.82, 2.24) is 15.5 Å². The number of phenols is 2.